The number of rotatable bonds is 1. The van der Waals surface area contributed by atoms with Crippen molar-refractivity contribution in [3.05, 3.63) is 53.3 Å². The Morgan fingerprint density at radius 2 is 1.81 bits per heavy atom. The third-order valence-electron chi connectivity index (χ3n) is 7.10. The zero-order valence-corrected chi connectivity index (χ0v) is 21.3. The molecule has 2 aromatic carbocycles. The molecule has 8 nitrogen and oxygen atoms in total. The fourth-order valence-electron chi connectivity index (χ4n) is 5.06. The van der Waals surface area contributed by atoms with Crippen LogP contribution in [0.5, 0.6) is 5.75 Å². The van der Waals surface area contributed by atoms with Crippen LogP contribution in [0.4, 0.5) is 4.39 Å². The molecule has 0 aliphatic carbocycles. The highest BCUT2D eigenvalue weighted by atomic mass is 19.1. The van der Waals surface area contributed by atoms with Crippen molar-refractivity contribution in [1.82, 2.24) is 20.4 Å². The summed E-state index contributed by atoms with van der Waals surface area (Å²) in [6.45, 7) is 3.06. The van der Waals surface area contributed by atoms with Crippen LogP contribution in [0.2, 0.25) is 0 Å². The Labute approximate surface area is 216 Å². The van der Waals surface area contributed by atoms with Gasteiger partial charge >= 0.3 is 0 Å². The smallest absolute Gasteiger partial charge is 0.251 e. The van der Waals surface area contributed by atoms with Crippen molar-refractivity contribution in [3.8, 4) is 16.9 Å². The molecule has 1 fully saturated rings. The van der Waals surface area contributed by atoms with Crippen molar-refractivity contribution in [2.24, 2.45) is 5.92 Å². The van der Waals surface area contributed by atoms with Crippen LogP contribution >= 0.6 is 0 Å². The molecule has 3 N–H and O–H groups in total. The molecule has 198 valence electrons. The summed E-state index contributed by atoms with van der Waals surface area (Å²) in [5, 5.41) is 16.1. The maximum atomic E-state index is 14.7. The molecule has 0 aromatic heterocycles. The van der Waals surface area contributed by atoms with Gasteiger partial charge in [0.1, 0.15) is 11.6 Å². The second kappa shape index (κ2) is 12.2. The minimum Gasteiger partial charge on any atom is -0.507 e. The fraction of sp³-hybridized carbons (Fsp3) is 0.464. The molecule has 2 aromatic rings. The zero-order chi connectivity index (χ0) is 26.4. The number of carbonyl (C=O) groups excluding carboxylic acids is 3. The molecule has 4 bridgehead atoms. The van der Waals surface area contributed by atoms with E-state index in [1.807, 2.05) is 7.05 Å². The SMILES string of the molecule is CN1CCCC(C(=O)N2CCCC(=O)NCCc3ccc(O)c(c3)-c3cc(ccc3F)C(=O)NCC2)C1. The number of carbonyl (C=O) groups is 3. The van der Waals surface area contributed by atoms with Crippen molar-refractivity contribution >= 4 is 17.7 Å². The second-order valence-corrected chi connectivity index (χ2v) is 9.93. The van der Waals surface area contributed by atoms with E-state index in [-0.39, 0.29) is 59.0 Å². The summed E-state index contributed by atoms with van der Waals surface area (Å²) in [7, 11) is 2.01. The molecule has 0 radical (unpaired) electrons. The van der Waals surface area contributed by atoms with Gasteiger partial charge in [-0.2, -0.15) is 0 Å². The Morgan fingerprint density at radius 1 is 0.973 bits per heavy atom. The standard InChI is InChI=1S/C28H35FN4O4/c1-32-13-2-4-21(18-32)28(37)33-14-3-5-26(35)30-11-10-19-6-9-25(34)23(16-19)22-17-20(7-8-24(22)29)27(36)31-12-15-33/h6-9,16-17,21,34H,2-5,10-15,18H2,1H3,(H,30,35)(H,31,36). The largest absolute Gasteiger partial charge is 0.507 e. The minimum absolute atomic E-state index is 0.0497. The van der Waals surface area contributed by atoms with Crippen molar-refractivity contribution in [2.45, 2.75) is 32.1 Å². The number of hydrogen-bond acceptors (Lipinski definition) is 5. The van der Waals surface area contributed by atoms with E-state index in [4.69, 9.17) is 0 Å². The van der Waals surface area contributed by atoms with Gasteiger partial charge in [0.05, 0.1) is 5.92 Å². The summed E-state index contributed by atoms with van der Waals surface area (Å²) in [5.74, 6) is -1.18. The first-order chi connectivity index (χ1) is 17.8. The van der Waals surface area contributed by atoms with Crippen molar-refractivity contribution in [2.75, 3.05) is 46.3 Å². The number of nitrogens with one attached hydrogen (secondary N) is 2. The van der Waals surface area contributed by atoms with Crippen LogP contribution in [-0.2, 0) is 16.0 Å². The van der Waals surface area contributed by atoms with E-state index in [1.165, 1.54) is 24.3 Å². The lowest BCUT2D eigenvalue weighted by atomic mass is 9.96. The maximum absolute atomic E-state index is 14.7. The highest BCUT2D eigenvalue weighted by Crippen LogP contribution is 2.33. The van der Waals surface area contributed by atoms with Gasteiger partial charge in [-0.05, 0) is 75.2 Å². The maximum Gasteiger partial charge on any atom is 0.251 e. The molecule has 1 atom stereocenters. The average molecular weight is 511 g/mol. The molecule has 37 heavy (non-hydrogen) atoms. The van der Waals surface area contributed by atoms with Gasteiger partial charge in [0.15, 0.2) is 0 Å². The van der Waals surface area contributed by atoms with Gasteiger partial charge in [0, 0.05) is 55.8 Å². The lowest BCUT2D eigenvalue weighted by Gasteiger charge is -2.33. The van der Waals surface area contributed by atoms with Crippen LogP contribution < -0.4 is 10.6 Å². The van der Waals surface area contributed by atoms with Crippen LogP contribution in [0, 0.1) is 11.7 Å². The van der Waals surface area contributed by atoms with Crippen LogP contribution in [0.25, 0.3) is 11.1 Å². The molecule has 0 saturated carbocycles. The van der Waals surface area contributed by atoms with Gasteiger partial charge in [-0.1, -0.05) is 6.07 Å². The Kier molecular flexibility index (Phi) is 8.76. The van der Waals surface area contributed by atoms with Gasteiger partial charge in [0.25, 0.3) is 5.91 Å². The highest BCUT2D eigenvalue weighted by molar-refractivity contribution is 5.95. The van der Waals surface area contributed by atoms with Crippen LogP contribution in [0.15, 0.2) is 36.4 Å². The predicted molar refractivity (Wildman–Crippen MR) is 139 cm³/mol. The lowest BCUT2D eigenvalue weighted by molar-refractivity contribution is -0.137. The summed E-state index contributed by atoms with van der Waals surface area (Å²) in [4.78, 5) is 42.5. The summed E-state index contributed by atoms with van der Waals surface area (Å²) in [6.07, 6.45) is 3.11. The number of halogens is 1. The number of amides is 3. The van der Waals surface area contributed by atoms with E-state index >= 15 is 0 Å². The number of nitrogens with zero attached hydrogens (tertiary/aromatic N) is 2. The molecule has 9 heteroatoms. The lowest BCUT2D eigenvalue weighted by Crippen LogP contribution is -2.46. The molecule has 3 amide bonds. The molecule has 1 unspecified atom stereocenters. The molecule has 2 aliphatic rings. The minimum atomic E-state index is -0.555. The molecule has 4 rings (SSSR count). The highest BCUT2D eigenvalue weighted by Gasteiger charge is 2.28. The number of hydrogen-bond donors (Lipinski definition) is 3. The van der Waals surface area contributed by atoms with E-state index in [0.29, 0.717) is 39.0 Å². The number of likely N-dealkylation sites (tertiary alicyclic amines) is 1. The van der Waals surface area contributed by atoms with Crippen LogP contribution in [-0.4, -0.2) is 78.9 Å². The first kappa shape index (κ1) is 26.6. The second-order valence-electron chi connectivity index (χ2n) is 9.93. The third kappa shape index (κ3) is 6.85. The fourth-order valence-corrected chi connectivity index (χ4v) is 5.06. The summed E-state index contributed by atoms with van der Waals surface area (Å²) in [6, 6.07) is 8.94. The van der Waals surface area contributed by atoms with E-state index < -0.39 is 5.82 Å². The summed E-state index contributed by atoms with van der Waals surface area (Å²) in [5.41, 5.74) is 1.49. The Hall–Kier alpha value is -3.46. The molecule has 1 saturated heterocycles. The van der Waals surface area contributed by atoms with Gasteiger partial charge in [0.2, 0.25) is 11.8 Å². The Bertz CT molecular complexity index is 1150. The van der Waals surface area contributed by atoms with Gasteiger partial charge in [-0.15, -0.1) is 0 Å². The summed E-state index contributed by atoms with van der Waals surface area (Å²) < 4.78 is 14.7. The monoisotopic (exact) mass is 510 g/mol. The Balaban J connectivity index is 1.56. The molecular formula is C28H35FN4O4. The summed E-state index contributed by atoms with van der Waals surface area (Å²) >= 11 is 0. The molecule has 2 heterocycles. The number of fused-ring (bicyclic) bond motifs is 5. The van der Waals surface area contributed by atoms with Crippen LogP contribution in [0.3, 0.4) is 0 Å². The number of piperidine rings is 1. The quantitative estimate of drug-likeness (QED) is 0.547. The molecule has 2 aliphatic heterocycles. The average Bonchev–Trinajstić information content (AvgIpc) is 2.88. The Morgan fingerprint density at radius 3 is 2.62 bits per heavy atom. The third-order valence-corrected chi connectivity index (χ3v) is 7.10. The zero-order valence-electron chi connectivity index (χ0n) is 21.3. The predicted octanol–water partition coefficient (Wildman–Crippen LogP) is 2.55. The van der Waals surface area contributed by atoms with Crippen molar-refractivity contribution < 1.29 is 23.9 Å². The topological polar surface area (TPSA) is 102 Å². The van der Waals surface area contributed by atoms with E-state index in [1.54, 1.807) is 17.0 Å². The van der Waals surface area contributed by atoms with E-state index in [0.717, 1.165) is 24.9 Å². The van der Waals surface area contributed by atoms with Crippen LogP contribution in [0.1, 0.15) is 41.6 Å². The van der Waals surface area contributed by atoms with Gasteiger partial charge in [-0.25, -0.2) is 4.39 Å². The number of aromatic hydroxyl groups is 1. The first-order valence-electron chi connectivity index (χ1n) is 13.0. The molecule has 0 spiro atoms. The van der Waals surface area contributed by atoms with E-state index in [2.05, 4.69) is 15.5 Å². The van der Waals surface area contributed by atoms with Crippen molar-refractivity contribution in [1.29, 1.82) is 0 Å². The number of phenols is 1. The normalized spacial score (nSPS) is 20.4. The first-order valence-corrected chi connectivity index (χ1v) is 13.0. The van der Waals surface area contributed by atoms with Crippen molar-refractivity contribution in [3.63, 3.8) is 0 Å². The number of phenolic OH excluding ortho intramolecular Hbond substituents is 1. The van der Waals surface area contributed by atoms with Gasteiger partial charge < -0.3 is 25.5 Å². The number of benzene rings is 2. The van der Waals surface area contributed by atoms with Gasteiger partial charge in [-0.3, -0.25) is 14.4 Å². The molecular weight excluding hydrogens is 475 g/mol. The van der Waals surface area contributed by atoms with E-state index in [9.17, 15) is 23.9 Å².